The Bertz CT molecular complexity index is 295. The van der Waals surface area contributed by atoms with E-state index in [0.717, 1.165) is 12.2 Å². The lowest BCUT2D eigenvalue weighted by Crippen LogP contribution is -2.28. The van der Waals surface area contributed by atoms with Gasteiger partial charge >= 0.3 is 0 Å². The van der Waals surface area contributed by atoms with E-state index in [1.54, 1.807) is 11.3 Å². The van der Waals surface area contributed by atoms with Gasteiger partial charge in [-0.25, -0.2) is 4.98 Å². The topological polar surface area (TPSA) is 42.2 Å². The molecule has 0 amide bonds. The number of nitrogens with two attached hydrogens (primary N) is 1. The number of hydrogen-bond acceptors (Lipinski definition) is 4. The highest BCUT2D eigenvalue weighted by Crippen LogP contribution is 2.13. The molecule has 1 aromatic heterocycles. The molecule has 1 aromatic rings. The van der Waals surface area contributed by atoms with Crippen LogP contribution in [0, 0.1) is 6.92 Å². The first-order chi connectivity index (χ1) is 6.09. The van der Waals surface area contributed by atoms with Gasteiger partial charge in [0.15, 0.2) is 0 Å². The Morgan fingerprint density at radius 2 is 2.46 bits per heavy atom. The average molecular weight is 215 g/mol. The number of aryl methyl sites for hydroxylation is 1. The number of thiazole rings is 1. The maximum absolute atomic E-state index is 5.44. The standard InChI is InChI=1S/C8H13N3S2/c1-6-7(13-5-10-6)3-11(2)4-8(9)12/h5H,3-4H2,1-2H3,(H2,9,12). The highest BCUT2D eigenvalue weighted by atomic mass is 32.1. The highest BCUT2D eigenvalue weighted by Gasteiger charge is 2.05. The predicted octanol–water partition coefficient (Wildman–Crippen LogP) is 1.17. The second-order valence-corrected chi connectivity index (χ2v) is 4.46. The summed E-state index contributed by atoms with van der Waals surface area (Å²) in [5, 5.41) is 0. The zero-order valence-corrected chi connectivity index (χ0v) is 9.41. The van der Waals surface area contributed by atoms with Gasteiger partial charge in [0, 0.05) is 18.0 Å². The Kier molecular flexibility index (Phi) is 3.77. The van der Waals surface area contributed by atoms with Crippen LogP contribution in [0.4, 0.5) is 0 Å². The number of thiocarbonyl (C=S) groups is 1. The quantitative estimate of drug-likeness (QED) is 0.766. The summed E-state index contributed by atoms with van der Waals surface area (Å²) in [6.07, 6.45) is 0. The molecule has 0 aliphatic rings. The van der Waals surface area contributed by atoms with Gasteiger partial charge in [-0.3, -0.25) is 4.90 Å². The van der Waals surface area contributed by atoms with Gasteiger partial charge in [-0.1, -0.05) is 12.2 Å². The average Bonchev–Trinajstić information content (AvgIpc) is 2.34. The number of likely N-dealkylation sites (N-methyl/N-ethyl adjacent to an activating group) is 1. The van der Waals surface area contributed by atoms with E-state index in [-0.39, 0.29) is 0 Å². The van der Waals surface area contributed by atoms with Crippen molar-refractivity contribution < 1.29 is 0 Å². The molecule has 2 N–H and O–H groups in total. The van der Waals surface area contributed by atoms with E-state index in [0.29, 0.717) is 11.5 Å². The second-order valence-electron chi connectivity index (χ2n) is 3.00. The summed E-state index contributed by atoms with van der Waals surface area (Å²) in [6, 6.07) is 0. The maximum Gasteiger partial charge on any atom is 0.0870 e. The smallest absolute Gasteiger partial charge is 0.0870 e. The molecule has 0 bridgehead atoms. The van der Waals surface area contributed by atoms with E-state index in [9.17, 15) is 0 Å². The molecular weight excluding hydrogens is 202 g/mol. The molecule has 0 spiro atoms. The normalized spacial score (nSPS) is 10.7. The molecule has 1 heterocycles. The van der Waals surface area contributed by atoms with Crippen LogP contribution in [0.25, 0.3) is 0 Å². The minimum atomic E-state index is 0.532. The third-order valence-corrected chi connectivity index (χ3v) is 2.73. The Hall–Kier alpha value is -0.520. The number of aromatic nitrogens is 1. The predicted molar refractivity (Wildman–Crippen MR) is 60.0 cm³/mol. The molecule has 0 saturated carbocycles. The first-order valence-electron chi connectivity index (χ1n) is 3.95. The SMILES string of the molecule is Cc1ncsc1CN(C)CC(N)=S. The molecule has 5 heteroatoms. The van der Waals surface area contributed by atoms with Gasteiger partial charge < -0.3 is 5.73 Å². The minimum Gasteiger partial charge on any atom is -0.392 e. The summed E-state index contributed by atoms with van der Waals surface area (Å²) in [5.74, 6) is 0. The van der Waals surface area contributed by atoms with Crippen molar-refractivity contribution in [3.05, 3.63) is 16.1 Å². The fraction of sp³-hybridized carbons (Fsp3) is 0.500. The molecule has 0 radical (unpaired) electrons. The lowest BCUT2D eigenvalue weighted by Gasteiger charge is -2.14. The molecule has 0 fully saturated rings. The van der Waals surface area contributed by atoms with E-state index in [1.807, 2.05) is 19.5 Å². The van der Waals surface area contributed by atoms with Crippen LogP contribution >= 0.6 is 23.6 Å². The monoisotopic (exact) mass is 215 g/mol. The Morgan fingerprint density at radius 3 is 2.92 bits per heavy atom. The van der Waals surface area contributed by atoms with Crippen molar-refractivity contribution in [2.24, 2.45) is 5.73 Å². The Morgan fingerprint density at radius 1 is 1.77 bits per heavy atom. The van der Waals surface area contributed by atoms with Gasteiger partial charge in [-0.05, 0) is 14.0 Å². The number of rotatable bonds is 4. The van der Waals surface area contributed by atoms with E-state index >= 15 is 0 Å². The van der Waals surface area contributed by atoms with E-state index in [2.05, 4.69) is 9.88 Å². The molecule has 0 atom stereocenters. The van der Waals surface area contributed by atoms with Crippen LogP contribution in [0.2, 0.25) is 0 Å². The zero-order valence-electron chi connectivity index (χ0n) is 7.78. The van der Waals surface area contributed by atoms with Crippen LogP contribution < -0.4 is 5.73 Å². The van der Waals surface area contributed by atoms with Crippen LogP contribution in [0.5, 0.6) is 0 Å². The Labute approximate surface area is 87.6 Å². The van der Waals surface area contributed by atoms with E-state index in [1.165, 1.54) is 4.88 Å². The van der Waals surface area contributed by atoms with Crippen molar-refractivity contribution in [2.75, 3.05) is 13.6 Å². The van der Waals surface area contributed by atoms with Gasteiger partial charge in [0.2, 0.25) is 0 Å². The van der Waals surface area contributed by atoms with Gasteiger partial charge in [0.05, 0.1) is 16.2 Å². The van der Waals surface area contributed by atoms with E-state index in [4.69, 9.17) is 18.0 Å². The third kappa shape index (κ3) is 3.38. The van der Waals surface area contributed by atoms with Crippen LogP contribution in [0.1, 0.15) is 10.6 Å². The molecule has 1 rings (SSSR count). The summed E-state index contributed by atoms with van der Waals surface area (Å²) < 4.78 is 0. The lowest BCUT2D eigenvalue weighted by molar-refractivity contribution is 0.377. The van der Waals surface area contributed by atoms with Crippen LogP contribution in [0.15, 0.2) is 5.51 Å². The maximum atomic E-state index is 5.44. The molecule has 72 valence electrons. The molecule has 13 heavy (non-hydrogen) atoms. The summed E-state index contributed by atoms with van der Waals surface area (Å²) in [6.45, 7) is 3.54. The number of nitrogens with zero attached hydrogens (tertiary/aromatic N) is 2. The molecule has 0 unspecified atom stereocenters. The lowest BCUT2D eigenvalue weighted by atomic mass is 10.3. The zero-order chi connectivity index (χ0) is 9.84. The minimum absolute atomic E-state index is 0.532. The van der Waals surface area contributed by atoms with Gasteiger partial charge in [-0.2, -0.15) is 0 Å². The summed E-state index contributed by atoms with van der Waals surface area (Å²) in [4.78, 5) is 8.07. The summed E-state index contributed by atoms with van der Waals surface area (Å²) in [7, 11) is 2.00. The van der Waals surface area contributed by atoms with Crippen LogP contribution in [0.3, 0.4) is 0 Å². The Balaban J connectivity index is 2.49. The summed E-state index contributed by atoms with van der Waals surface area (Å²) >= 11 is 6.49. The van der Waals surface area contributed by atoms with Crippen molar-refractivity contribution >= 4 is 28.5 Å². The van der Waals surface area contributed by atoms with E-state index < -0.39 is 0 Å². The molecule has 0 aliphatic carbocycles. The van der Waals surface area contributed by atoms with Crippen molar-refractivity contribution in [2.45, 2.75) is 13.5 Å². The number of hydrogen-bond donors (Lipinski definition) is 1. The van der Waals surface area contributed by atoms with Crippen molar-refractivity contribution in [3.63, 3.8) is 0 Å². The van der Waals surface area contributed by atoms with Crippen LogP contribution in [-0.4, -0.2) is 28.5 Å². The third-order valence-electron chi connectivity index (χ3n) is 1.68. The fourth-order valence-electron chi connectivity index (χ4n) is 1.05. The molecule has 0 aliphatic heterocycles. The van der Waals surface area contributed by atoms with Gasteiger partial charge in [0.1, 0.15) is 0 Å². The molecular formula is C8H13N3S2. The largest absolute Gasteiger partial charge is 0.392 e. The summed E-state index contributed by atoms with van der Waals surface area (Å²) in [5.41, 5.74) is 8.40. The van der Waals surface area contributed by atoms with Crippen molar-refractivity contribution in [3.8, 4) is 0 Å². The first-order valence-corrected chi connectivity index (χ1v) is 5.24. The first kappa shape index (κ1) is 10.6. The fourth-order valence-corrected chi connectivity index (χ4v) is 2.12. The highest BCUT2D eigenvalue weighted by molar-refractivity contribution is 7.80. The second kappa shape index (κ2) is 4.64. The molecule has 0 saturated heterocycles. The van der Waals surface area contributed by atoms with Gasteiger partial charge in [-0.15, -0.1) is 11.3 Å². The van der Waals surface area contributed by atoms with Crippen LogP contribution in [-0.2, 0) is 6.54 Å². The van der Waals surface area contributed by atoms with Gasteiger partial charge in [0.25, 0.3) is 0 Å². The van der Waals surface area contributed by atoms with Crippen molar-refractivity contribution in [1.82, 2.24) is 9.88 Å². The molecule has 3 nitrogen and oxygen atoms in total. The molecule has 0 aromatic carbocycles. The van der Waals surface area contributed by atoms with Crippen molar-refractivity contribution in [1.29, 1.82) is 0 Å².